The number of hydrogen-bond acceptors (Lipinski definition) is 6. The van der Waals surface area contributed by atoms with E-state index in [4.69, 9.17) is 4.74 Å². The summed E-state index contributed by atoms with van der Waals surface area (Å²) in [7, 11) is 2.78. The summed E-state index contributed by atoms with van der Waals surface area (Å²) in [6.45, 7) is 1.95. The molecule has 18 heavy (non-hydrogen) atoms. The SMILES string of the molecule is CNc1cc(N2CCS(=O)CC2)nc(COC)n1. The summed E-state index contributed by atoms with van der Waals surface area (Å²) >= 11 is 0. The highest BCUT2D eigenvalue weighted by Crippen LogP contribution is 2.17. The van der Waals surface area contributed by atoms with Crippen molar-refractivity contribution in [2.45, 2.75) is 6.61 Å². The molecule has 0 unspecified atom stereocenters. The molecule has 2 heterocycles. The fourth-order valence-corrected chi connectivity index (χ4v) is 2.89. The van der Waals surface area contributed by atoms with Gasteiger partial charge in [-0.25, -0.2) is 9.97 Å². The van der Waals surface area contributed by atoms with Crippen molar-refractivity contribution in [2.24, 2.45) is 0 Å². The Morgan fingerprint density at radius 1 is 1.44 bits per heavy atom. The second-order valence-corrected chi connectivity index (χ2v) is 5.74. The summed E-state index contributed by atoms with van der Waals surface area (Å²) in [4.78, 5) is 10.9. The molecule has 1 saturated heterocycles. The minimum Gasteiger partial charge on any atom is -0.377 e. The van der Waals surface area contributed by atoms with Gasteiger partial charge in [-0.15, -0.1) is 0 Å². The normalized spacial score (nSPS) is 16.9. The highest BCUT2D eigenvalue weighted by atomic mass is 32.2. The van der Waals surface area contributed by atoms with Crippen LogP contribution in [0.3, 0.4) is 0 Å². The third-order valence-electron chi connectivity index (χ3n) is 2.79. The van der Waals surface area contributed by atoms with Gasteiger partial charge in [-0.05, 0) is 0 Å². The van der Waals surface area contributed by atoms with Crippen LogP contribution in [0.15, 0.2) is 6.07 Å². The Hall–Kier alpha value is -1.21. The second-order valence-electron chi connectivity index (χ2n) is 4.05. The van der Waals surface area contributed by atoms with Gasteiger partial charge in [-0.3, -0.25) is 4.21 Å². The number of aromatic nitrogens is 2. The van der Waals surface area contributed by atoms with Gasteiger partial charge < -0.3 is 15.0 Å². The molecular formula is C11H18N4O2S. The van der Waals surface area contributed by atoms with E-state index in [2.05, 4.69) is 20.2 Å². The van der Waals surface area contributed by atoms with Crippen LogP contribution in [0.25, 0.3) is 0 Å². The molecule has 0 spiro atoms. The summed E-state index contributed by atoms with van der Waals surface area (Å²) in [5, 5.41) is 3.02. The van der Waals surface area contributed by atoms with Crippen molar-refractivity contribution in [3.63, 3.8) is 0 Å². The van der Waals surface area contributed by atoms with Crippen LogP contribution in [-0.4, -0.2) is 52.9 Å². The lowest BCUT2D eigenvalue weighted by atomic mass is 10.4. The van der Waals surface area contributed by atoms with Crippen LogP contribution in [0.1, 0.15) is 5.82 Å². The Balaban J connectivity index is 2.20. The topological polar surface area (TPSA) is 67.4 Å². The summed E-state index contributed by atoms with van der Waals surface area (Å²) in [6.07, 6.45) is 0. The number of ether oxygens (including phenoxy) is 1. The van der Waals surface area contributed by atoms with Gasteiger partial charge >= 0.3 is 0 Å². The van der Waals surface area contributed by atoms with Crippen LogP contribution in [0.2, 0.25) is 0 Å². The summed E-state index contributed by atoms with van der Waals surface area (Å²) in [5.74, 6) is 3.72. The standard InChI is InChI=1S/C11H18N4O2S/c1-12-9-7-11(14-10(13-9)8-17-2)15-3-5-18(16)6-4-15/h7H,3-6,8H2,1-2H3,(H,12,13,14). The molecule has 0 amide bonds. The molecule has 1 fully saturated rings. The van der Waals surface area contributed by atoms with Crippen LogP contribution in [0.5, 0.6) is 0 Å². The van der Waals surface area contributed by atoms with Crippen molar-refractivity contribution >= 4 is 22.4 Å². The number of rotatable bonds is 4. The number of methoxy groups -OCH3 is 1. The predicted octanol–water partition coefficient (Wildman–Crippen LogP) is 0.233. The number of nitrogens with one attached hydrogen (secondary N) is 1. The number of hydrogen-bond donors (Lipinski definition) is 1. The van der Waals surface area contributed by atoms with Crippen LogP contribution in [0.4, 0.5) is 11.6 Å². The van der Waals surface area contributed by atoms with Crippen LogP contribution >= 0.6 is 0 Å². The molecule has 0 bridgehead atoms. The van der Waals surface area contributed by atoms with Crippen LogP contribution in [0, 0.1) is 0 Å². The molecule has 100 valence electrons. The first-order chi connectivity index (χ1) is 8.72. The molecule has 1 aliphatic heterocycles. The minimum atomic E-state index is -0.676. The van der Waals surface area contributed by atoms with Crippen molar-refractivity contribution in [3.8, 4) is 0 Å². The Kier molecular flexibility index (Phi) is 4.48. The van der Waals surface area contributed by atoms with E-state index in [0.717, 1.165) is 24.7 Å². The summed E-state index contributed by atoms with van der Waals surface area (Å²) in [6, 6.07) is 1.91. The quantitative estimate of drug-likeness (QED) is 0.845. The van der Waals surface area contributed by atoms with Crippen LogP contribution < -0.4 is 10.2 Å². The maximum Gasteiger partial charge on any atom is 0.158 e. The highest BCUT2D eigenvalue weighted by Gasteiger charge is 2.17. The molecule has 7 heteroatoms. The van der Waals surface area contributed by atoms with Crippen molar-refractivity contribution in [1.29, 1.82) is 0 Å². The number of anilines is 2. The van der Waals surface area contributed by atoms with E-state index in [1.54, 1.807) is 7.11 Å². The summed E-state index contributed by atoms with van der Waals surface area (Å²) in [5.41, 5.74) is 0. The van der Waals surface area contributed by atoms with Crippen molar-refractivity contribution in [1.82, 2.24) is 9.97 Å². The lowest BCUT2D eigenvalue weighted by molar-refractivity contribution is 0.178. The van der Waals surface area contributed by atoms with Crippen molar-refractivity contribution < 1.29 is 8.95 Å². The van der Waals surface area contributed by atoms with E-state index in [0.29, 0.717) is 23.9 Å². The first-order valence-electron chi connectivity index (χ1n) is 5.87. The zero-order valence-corrected chi connectivity index (χ0v) is 11.5. The smallest absolute Gasteiger partial charge is 0.158 e. The van der Waals surface area contributed by atoms with Gasteiger partial charge in [0.2, 0.25) is 0 Å². The third kappa shape index (κ3) is 3.17. The van der Waals surface area contributed by atoms with Gasteiger partial charge in [-0.1, -0.05) is 0 Å². The molecule has 1 N–H and O–H groups in total. The first-order valence-corrected chi connectivity index (χ1v) is 7.36. The van der Waals surface area contributed by atoms with E-state index in [9.17, 15) is 4.21 Å². The lowest BCUT2D eigenvalue weighted by Crippen LogP contribution is -2.38. The molecular weight excluding hydrogens is 252 g/mol. The zero-order valence-electron chi connectivity index (χ0n) is 10.7. The van der Waals surface area contributed by atoms with E-state index >= 15 is 0 Å². The first kappa shape index (κ1) is 13.2. The molecule has 1 aromatic rings. The summed E-state index contributed by atoms with van der Waals surface area (Å²) < 4.78 is 16.4. The minimum absolute atomic E-state index is 0.391. The average molecular weight is 270 g/mol. The van der Waals surface area contributed by atoms with E-state index in [1.165, 1.54) is 0 Å². The lowest BCUT2D eigenvalue weighted by Gasteiger charge is -2.27. The molecule has 6 nitrogen and oxygen atoms in total. The fourth-order valence-electron chi connectivity index (χ4n) is 1.83. The molecule has 2 rings (SSSR count). The zero-order chi connectivity index (χ0) is 13.0. The van der Waals surface area contributed by atoms with E-state index in [1.807, 2.05) is 13.1 Å². The van der Waals surface area contributed by atoms with Crippen LogP contribution in [-0.2, 0) is 22.1 Å². The van der Waals surface area contributed by atoms with E-state index < -0.39 is 10.8 Å². The Labute approximate surface area is 109 Å². The molecule has 0 aliphatic carbocycles. The Morgan fingerprint density at radius 3 is 2.78 bits per heavy atom. The molecule has 1 aliphatic rings. The molecule has 0 aromatic carbocycles. The highest BCUT2D eigenvalue weighted by molar-refractivity contribution is 7.85. The molecule has 1 aromatic heterocycles. The van der Waals surface area contributed by atoms with Gasteiger partial charge in [0.25, 0.3) is 0 Å². The fraction of sp³-hybridized carbons (Fsp3) is 0.636. The van der Waals surface area contributed by atoms with Crippen molar-refractivity contribution in [3.05, 3.63) is 11.9 Å². The van der Waals surface area contributed by atoms with Gasteiger partial charge in [0.05, 0.1) is 0 Å². The van der Waals surface area contributed by atoms with Crippen molar-refractivity contribution in [2.75, 3.05) is 49.0 Å². The number of nitrogens with zero attached hydrogens (tertiary/aromatic N) is 3. The maximum absolute atomic E-state index is 11.4. The Morgan fingerprint density at radius 2 is 2.17 bits per heavy atom. The van der Waals surface area contributed by atoms with Gasteiger partial charge in [0.1, 0.15) is 18.2 Å². The second kappa shape index (κ2) is 6.10. The predicted molar refractivity (Wildman–Crippen MR) is 72.4 cm³/mol. The van der Waals surface area contributed by atoms with Gasteiger partial charge in [0, 0.05) is 55.6 Å². The Bertz CT molecular complexity index is 431. The third-order valence-corrected chi connectivity index (χ3v) is 4.07. The van der Waals surface area contributed by atoms with E-state index in [-0.39, 0.29) is 0 Å². The molecule has 0 atom stereocenters. The maximum atomic E-state index is 11.4. The van der Waals surface area contributed by atoms with Gasteiger partial charge in [-0.2, -0.15) is 0 Å². The molecule has 0 saturated carbocycles. The monoisotopic (exact) mass is 270 g/mol. The molecule has 0 radical (unpaired) electrons. The average Bonchev–Trinajstić information content (AvgIpc) is 2.39. The van der Waals surface area contributed by atoms with Gasteiger partial charge in [0.15, 0.2) is 5.82 Å². The largest absolute Gasteiger partial charge is 0.377 e.